The number of β-lactam (4-membered cyclic amide) rings is 1. The lowest BCUT2D eigenvalue weighted by molar-refractivity contribution is -0.163. The van der Waals surface area contributed by atoms with Gasteiger partial charge in [0.25, 0.3) is 0 Å². The van der Waals surface area contributed by atoms with Crippen LogP contribution in [0.4, 0.5) is 0 Å². The molecule has 37 heavy (non-hydrogen) atoms. The number of carboxylic acid groups (broad SMARTS) is 1. The smallest absolute Gasteiger partial charge is 0.353 e. The summed E-state index contributed by atoms with van der Waals surface area (Å²) >= 11 is 1.27. The van der Waals surface area contributed by atoms with E-state index in [0.717, 1.165) is 0 Å². The number of benzene rings is 1. The zero-order chi connectivity index (χ0) is 27.3. The van der Waals surface area contributed by atoms with Crippen LogP contribution in [0.3, 0.4) is 0 Å². The summed E-state index contributed by atoms with van der Waals surface area (Å²) in [7, 11) is 3.20. The van der Waals surface area contributed by atoms with Crippen LogP contribution in [0.15, 0.2) is 28.8 Å². The number of aliphatic carboxylic acids is 1. The standard InChI is InChI=1S/C25H31N3O8S/c1-11-20-19(12(2)29)24(34)28(20)21(25(35)36)22(11)37-14-9-15(23(33)26(3)4)27(10-14)18(32)8-13-5-6-16(30)17(31)7-13/h5-7,11-12,14-15,19-20,29-31H,8-10H2,1-4H3,(H,35,36)/t11-,12-,14+,15+,19-,20-/m1/s1. The van der Waals surface area contributed by atoms with Crippen LogP contribution in [0.5, 0.6) is 11.5 Å². The van der Waals surface area contributed by atoms with Gasteiger partial charge in [-0.2, -0.15) is 0 Å². The molecule has 4 rings (SSSR count). The molecule has 3 heterocycles. The summed E-state index contributed by atoms with van der Waals surface area (Å²) in [5.74, 6) is -3.88. The number of hydrogen-bond acceptors (Lipinski definition) is 8. The summed E-state index contributed by atoms with van der Waals surface area (Å²) in [6, 6.07) is 2.90. The monoisotopic (exact) mass is 533 g/mol. The number of aliphatic hydroxyl groups is 1. The van der Waals surface area contributed by atoms with E-state index in [4.69, 9.17) is 0 Å². The van der Waals surface area contributed by atoms with Gasteiger partial charge in [-0.15, -0.1) is 11.8 Å². The molecule has 3 aliphatic rings. The van der Waals surface area contributed by atoms with Crippen molar-refractivity contribution in [3.63, 3.8) is 0 Å². The topological polar surface area (TPSA) is 159 Å². The molecule has 0 aromatic heterocycles. The first-order valence-electron chi connectivity index (χ1n) is 12.0. The molecule has 1 aromatic rings. The average Bonchev–Trinajstić information content (AvgIpc) is 3.33. The molecule has 2 saturated heterocycles. The molecule has 6 atom stereocenters. The van der Waals surface area contributed by atoms with Gasteiger partial charge in [0.05, 0.1) is 24.5 Å². The van der Waals surface area contributed by atoms with Gasteiger partial charge < -0.3 is 35.1 Å². The number of carbonyl (C=O) groups excluding carboxylic acids is 3. The van der Waals surface area contributed by atoms with Gasteiger partial charge in [-0.3, -0.25) is 14.4 Å². The Morgan fingerprint density at radius 2 is 1.86 bits per heavy atom. The highest BCUT2D eigenvalue weighted by atomic mass is 32.2. The van der Waals surface area contributed by atoms with Crippen LogP contribution >= 0.6 is 11.8 Å². The number of thioether (sulfide) groups is 1. The molecule has 0 unspecified atom stereocenters. The van der Waals surface area contributed by atoms with Crippen LogP contribution in [-0.2, 0) is 25.6 Å². The molecule has 0 radical (unpaired) electrons. The van der Waals surface area contributed by atoms with E-state index in [1.807, 2.05) is 6.92 Å². The van der Waals surface area contributed by atoms with Crippen molar-refractivity contribution < 1.29 is 39.6 Å². The molecule has 3 amide bonds. The molecule has 3 aliphatic heterocycles. The SMILES string of the molecule is C[C@@H](O)[C@H]1C(=O)N2C(C(=O)O)=C(S[C@H]3C[C@@H](C(=O)N(C)C)N(C(=O)Cc4ccc(O)c(O)c4)C3)[C@H](C)[C@H]12. The summed E-state index contributed by atoms with van der Waals surface area (Å²) in [4.78, 5) is 55.6. The van der Waals surface area contributed by atoms with Gasteiger partial charge in [0.1, 0.15) is 11.7 Å². The van der Waals surface area contributed by atoms with Crippen LogP contribution in [-0.4, -0.2) is 103 Å². The third-order valence-electron chi connectivity index (χ3n) is 7.31. The number of aliphatic hydroxyl groups excluding tert-OH is 1. The van der Waals surface area contributed by atoms with Crippen molar-refractivity contribution in [1.29, 1.82) is 0 Å². The molecule has 0 saturated carbocycles. The van der Waals surface area contributed by atoms with E-state index in [2.05, 4.69) is 0 Å². The Morgan fingerprint density at radius 3 is 2.43 bits per heavy atom. The van der Waals surface area contributed by atoms with E-state index >= 15 is 0 Å². The summed E-state index contributed by atoms with van der Waals surface area (Å²) in [5.41, 5.74) is 0.379. The Morgan fingerprint density at radius 1 is 1.19 bits per heavy atom. The second-order valence-electron chi connectivity index (χ2n) is 10.0. The summed E-state index contributed by atoms with van der Waals surface area (Å²) in [5, 5.41) is 39.0. The molecule has 0 spiro atoms. The lowest BCUT2D eigenvalue weighted by atomic mass is 9.79. The predicted octanol–water partition coefficient (Wildman–Crippen LogP) is 0.585. The number of phenolic OH excluding ortho intramolecular Hbond substituents is 2. The van der Waals surface area contributed by atoms with E-state index in [-0.39, 0.29) is 53.1 Å². The van der Waals surface area contributed by atoms with Crippen LogP contribution in [0, 0.1) is 11.8 Å². The lowest BCUT2D eigenvalue weighted by Gasteiger charge is -2.46. The first-order chi connectivity index (χ1) is 17.3. The highest BCUT2D eigenvalue weighted by Gasteiger charge is 2.60. The van der Waals surface area contributed by atoms with Crippen molar-refractivity contribution in [1.82, 2.24) is 14.7 Å². The van der Waals surface area contributed by atoms with E-state index in [0.29, 0.717) is 16.9 Å². The maximum atomic E-state index is 13.3. The fraction of sp³-hybridized carbons (Fsp3) is 0.520. The second kappa shape index (κ2) is 9.90. The molecule has 0 bridgehead atoms. The van der Waals surface area contributed by atoms with Gasteiger partial charge in [0.2, 0.25) is 17.7 Å². The number of phenols is 2. The minimum absolute atomic E-state index is 0.0933. The van der Waals surface area contributed by atoms with Gasteiger partial charge in [0, 0.05) is 36.7 Å². The number of nitrogens with zero attached hydrogens (tertiary/aromatic N) is 3. The fourth-order valence-electron chi connectivity index (χ4n) is 5.50. The van der Waals surface area contributed by atoms with Crippen molar-refractivity contribution in [2.75, 3.05) is 20.6 Å². The maximum absolute atomic E-state index is 13.3. The van der Waals surface area contributed by atoms with E-state index in [1.54, 1.807) is 14.1 Å². The summed E-state index contributed by atoms with van der Waals surface area (Å²) in [6.07, 6.45) is -0.699. The number of fused-ring (bicyclic) bond motifs is 1. The molecule has 12 heteroatoms. The Balaban J connectivity index is 1.57. The van der Waals surface area contributed by atoms with Gasteiger partial charge in [-0.1, -0.05) is 13.0 Å². The number of likely N-dealkylation sites (tertiary alicyclic amines) is 1. The lowest BCUT2D eigenvalue weighted by Crippen LogP contribution is -2.63. The zero-order valence-corrected chi connectivity index (χ0v) is 21.8. The molecule has 11 nitrogen and oxygen atoms in total. The quantitative estimate of drug-likeness (QED) is 0.291. The predicted molar refractivity (Wildman–Crippen MR) is 133 cm³/mol. The van der Waals surface area contributed by atoms with Crippen molar-refractivity contribution in [3.8, 4) is 11.5 Å². The van der Waals surface area contributed by atoms with E-state index < -0.39 is 36.0 Å². The maximum Gasteiger partial charge on any atom is 0.353 e. The molecular weight excluding hydrogens is 502 g/mol. The third-order valence-corrected chi connectivity index (χ3v) is 8.80. The molecular formula is C25H31N3O8S. The minimum Gasteiger partial charge on any atom is -0.504 e. The third kappa shape index (κ3) is 4.63. The minimum atomic E-state index is -1.23. The first kappa shape index (κ1) is 26.8. The largest absolute Gasteiger partial charge is 0.504 e. The molecule has 0 aliphatic carbocycles. The molecule has 1 aromatic carbocycles. The first-order valence-corrected chi connectivity index (χ1v) is 12.9. The van der Waals surface area contributed by atoms with Gasteiger partial charge in [-0.25, -0.2) is 4.79 Å². The van der Waals surface area contributed by atoms with Crippen LogP contribution in [0.1, 0.15) is 25.8 Å². The number of rotatable bonds is 7. The highest BCUT2D eigenvalue weighted by Crippen LogP contribution is 2.52. The highest BCUT2D eigenvalue weighted by molar-refractivity contribution is 8.03. The fourth-order valence-corrected chi connectivity index (χ4v) is 7.03. The Labute approximate surface area is 218 Å². The second-order valence-corrected chi connectivity index (χ2v) is 11.4. The number of carbonyl (C=O) groups is 4. The molecule has 4 N–H and O–H groups in total. The number of hydrogen-bond donors (Lipinski definition) is 4. The zero-order valence-electron chi connectivity index (χ0n) is 21.0. The molecule has 200 valence electrons. The Kier molecular flexibility index (Phi) is 7.17. The normalized spacial score (nSPS) is 27.7. The summed E-state index contributed by atoms with van der Waals surface area (Å²) < 4.78 is 0. The van der Waals surface area contributed by atoms with Crippen molar-refractivity contribution >= 4 is 35.5 Å². The van der Waals surface area contributed by atoms with Crippen LogP contribution < -0.4 is 0 Å². The number of likely N-dealkylation sites (N-methyl/N-ethyl adjacent to an activating group) is 1. The Hall–Kier alpha value is -3.25. The number of carboxylic acids is 1. The van der Waals surface area contributed by atoms with Crippen molar-refractivity contribution in [3.05, 3.63) is 34.4 Å². The van der Waals surface area contributed by atoms with Crippen LogP contribution in [0.25, 0.3) is 0 Å². The number of amides is 3. The summed E-state index contributed by atoms with van der Waals surface area (Å²) in [6.45, 7) is 3.54. The molecule has 2 fully saturated rings. The van der Waals surface area contributed by atoms with Crippen molar-refractivity contribution in [2.24, 2.45) is 11.8 Å². The van der Waals surface area contributed by atoms with Crippen molar-refractivity contribution in [2.45, 2.75) is 50.1 Å². The van der Waals surface area contributed by atoms with Crippen LogP contribution in [0.2, 0.25) is 0 Å². The average molecular weight is 534 g/mol. The Bertz CT molecular complexity index is 1180. The van der Waals surface area contributed by atoms with Gasteiger partial charge in [-0.05, 0) is 31.0 Å². The number of aromatic hydroxyl groups is 2. The van der Waals surface area contributed by atoms with Gasteiger partial charge in [0.15, 0.2) is 11.5 Å². The van der Waals surface area contributed by atoms with Gasteiger partial charge >= 0.3 is 5.97 Å². The van der Waals surface area contributed by atoms with E-state index in [9.17, 15) is 39.6 Å². The van der Waals surface area contributed by atoms with E-state index in [1.165, 1.54) is 51.6 Å².